The maximum absolute atomic E-state index is 6.64. The molecule has 5 nitrogen and oxygen atoms in total. The van der Waals surface area contributed by atoms with Gasteiger partial charge in [0.15, 0.2) is 28.4 Å². The van der Waals surface area contributed by atoms with Gasteiger partial charge in [-0.05, 0) is 135 Å². The Morgan fingerprint density at radius 3 is 0.424 bits per heavy atom. The third kappa shape index (κ3) is 45.5. The van der Waals surface area contributed by atoms with E-state index in [-0.39, 0.29) is 61.3 Å². The summed E-state index contributed by atoms with van der Waals surface area (Å²) in [6.07, 6.45) is 0. The summed E-state index contributed by atoms with van der Waals surface area (Å²) in [5, 5.41) is 2.27. The summed E-state index contributed by atoms with van der Waals surface area (Å²) >= 11 is 0. The first kappa shape index (κ1) is 71.4. The van der Waals surface area contributed by atoms with Gasteiger partial charge in [-0.15, -0.1) is 0 Å². The van der Waals surface area contributed by atoms with Gasteiger partial charge in [0.1, 0.15) is 0 Å². The number of hydrogen-bond acceptors (Lipinski definition) is 0. The molecule has 0 spiro atoms. The summed E-state index contributed by atoms with van der Waals surface area (Å²) in [6.45, 7) is 71.2. The van der Waals surface area contributed by atoms with Gasteiger partial charge in [0.05, 0.1) is 53.5 Å². The molecule has 0 atom stereocenters. The molecule has 0 fully saturated rings. The van der Waals surface area contributed by atoms with Gasteiger partial charge in [0.2, 0.25) is 0 Å². The van der Waals surface area contributed by atoms with Gasteiger partial charge in [-0.2, -0.15) is 0 Å². The van der Waals surface area contributed by atoms with Gasteiger partial charge in [-0.3, -0.25) is 0 Å². The van der Waals surface area contributed by atoms with Gasteiger partial charge in [-0.1, -0.05) is 149 Å². The van der Waals surface area contributed by atoms with Crippen LogP contribution >= 0.6 is 17.2 Å². The van der Waals surface area contributed by atoms with Crippen LogP contribution < -0.4 is 0 Å². The molecule has 0 aliphatic heterocycles. The van der Waals surface area contributed by atoms with Crippen molar-refractivity contribution in [3.63, 3.8) is 0 Å². The number of aryl methyl sites for hydroxylation is 5. The van der Waals surface area contributed by atoms with Crippen LogP contribution in [0.1, 0.15) is 111 Å². The fraction of sp³-hybridized carbons (Fsp3) is 0.375. The van der Waals surface area contributed by atoms with Crippen LogP contribution in [0.15, 0.2) is 121 Å². The summed E-state index contributed by atoms with van der Waals surface area (Å²) < 4.78 is 0. The van der Waals surface area contributed by atoms with Crippen LogP contribution in [0.25, 0.3) is 24.2 Å². The molecule has 0 N–H and O–H groups in total. The molecule has 0 saturated carbocycles. The molecular weight excluding hydrogens is 1120 g/mol. The SMILES string of the molecule is CC(C)(C)[PH2+]C(C)(C)C.CC(C)(C)[PH2+]C(C)(C)C.[C-]#[N+]c1ccc(C)cc1.[C-]#[N+]c1ccc(C)cc1.[C-]#[N+]c1ccc(C)cc1.[C-]#[N+]c1ccc(C)cc1.[C-]#[N+]c1ccc(C)cc1.[Pd].[Pd].[Pd]. The van der Waals surface area contributed by atoms with Crippen molar-refractivity contribution in [3.8, 4) is 0 Å². The first-order valence-corrected chi connectivity index (χ1v) is 23.3. The quantitative estimate of drug-likeness (QED) is 0.0838. The minimum Gasteiger partial charge on any atom is -0.238 e. The predicted molar refractivity (Wildman–Crippen MR) is 286 cm³/mol. The topological polar surface area (TPSA) is 21.8 Å². The predicted octanol–water partition coefficient (Wildman–Crippen LogP) is 18.7. The zero-order valence-electron chi connectivity index (χ0n) is 42.4. The zero-order valence-corrected chi connectivity index (χ0v) is 49.4. The van der Waals surface area contributed by atoms with E-state index in [1.54, 1.807) is 0 Å². The number of nitrogens with zero attached hydrogens (tertiary/aromatic N) is 5. The standard InChI is InChI=1S/5C8H7N.2C8H19P.3Pd/c5*1-7-3-5-8(9-2)6-4-7;2*1-7(2,3)9-8(4,5)6;;;/h5*3-6H,1H3;2*9H,1-6H3;;;/p+2. The van der Waals surface area contributed by atoms with Crippen molar-refractivity contribution in [2.24, 2.45) is 0 Å². The van der Waals surface area contributed by atoms with Crippen molar-refractivity contribution in [2.75, 3.05) is 0 Å². The van der Waals surface area contributed by atoms with Crippen molar-refractivity contribution in [1.82, 2.24) is 0 Å². The van der Waals surface area contributed by atoms with Crippen LogP contribution in [-0.4, -0.2) is 20.6 Å². The maximum Gasteiger partial charge on any atom is 0.187 e. The van der Waals surface area contributed by atoms with Crippen molar-refractivity contribution >= 4 is 45.6 Å². The van der Waals surface area contributed by atoms with Gasteiger partial charge < -0.3 is 0 Å². The molecule has 5 aromatic carbocycles. The summed E-state index contributed by atoms with van der Waals surface area (Å²) in [4.78, 5) is 16.3. The zero-order chi connectivity index (χ0) is 48.9. The summed E-state index contributed by atoms with van der Waals surface area (Å²) in [6, 6.07) is 37.6. The van der Waals surface area contributed by atoms with E-state index in [1.807, 2.05) is 156 Å². The van der Waals surface area contributed by atoms with E-state index in [9.17, 15) is 0 Å². The molecule has 10 heteroatoms. The first-order valence-electron chi connectivity index (χ1n) is 21.0. The van der Waals surface area contributed by atoms with Gasteiger partial charge in [0.25, 0.3) is 0 Å². The first-order chi connectivity index (χ1) is 29.0. The van der Waals surface area contributed by atoms with Crippen LogP contribution in [0.3, 0.4) is 0 Å². The van der Waals surface area contributed by atoms with Gasteiger partial charge >= 0.3 is 0 Å². The third-order valence-electron chi connectivity index (χ3n) is 7.55. The molecule has 0 amide bonds. The Bertz CT molecular complexity index is 1860. The van der Waals surface area contributed by atoms with E-state index in [4.69, 9.17) is 32.9 Å². The molecule has 0 saturated heterocycles. The largest absolute Gasteiger partial charge is 0.238 e. The Hall–Kier alpha value is -3.60. The van der Waals surface area contributed by atoms with E-state index in [1.165, 1.54) is 27.8 Å². The Morgan fingerprint density at radius 1 is 0.258 bits per heavy atom. The van der Waals surface area contributed by atoms with Gasteiger partial charge in [0, 0.05) is 61.3 Å². The fourth-order valence-corrected chi connectivity index (χ4v) is 10.9. The Balaban J connectivity index is -0.000000218. The molecule has 0 aliphatic rings. The smallest absolute Gasteiger partial charge is 0.187 e. The Morgan fingerprint density at radius 2 is 0.364 bits per heavy atom. The van der Waals surface area contributed by atoms with Crippen molar-refractivity contribution in [1.29, 1.82) is 0 Å². The molecule has 0 unspecified atom stereocenters. The van der Waals surface area contributed by atoms with E-state index in [2.05, 4.69) is 107 Å². The molecule has 5 aromatic rings. The van der Waals surface area contributed by atoms with Gasteiger partial charge in [-0.25, -0.2) is 24.2 Å². The summed E-state index contributed by atoms with van der Waals surface area (Å²) in [5.41, 5.74) is 9.53. The summed E-state index contributed by atoms with van der Waals surface area (Å²) in [7, 11) is 1.14. The van der Waals surface area contributed by atoms with E-state index in [0.29, 0.717) is 66.2 Å². The van der Waals surface area contributed by atoms with Crippen molar-refractivity contribution in [3.05, 3.63) is 206 Å². The Kier molecular flexibility index (Phi) is 40.4. The van der Waals surface area contributed by atoms with Crippen LogP contribution in [0, 0.1) is 67.5 Å². The monoisotopic (exact) mass is 1200 g/mol. The van der Waals surface area contributed by atoms with E-state index in [0.717, 1.165) is 0 Å². The second-order valence-corrected chi connectivity index (χ2v) is 27.0. The maximum atomic E-state index is 6.64. The average molecular weight is 1200 g/mol. The summed E-state index contributed by atoms with van der Waals surface area (Å²) in [5.74, 6) is 0. The Labute approximate surface area is 447 Å². The molecule has 0 aliphatic carbocycles. The molecule has 362 valence electrons. The number of hydrogen-bond donors (Lipinski definition) is 0. The van der Waals surface area contributed by atoms with Crippen LogP contribution in [-0.2, 0) is 61.3 Å². The minimum atomic E-state index is 0. The van der Waals surface area contributed by atoms with Crippen LogP contribution in [0.5, 0.6) is 0 Å². The molecule has 66 heavy (non-hydrogen) atoms. The average Bonchev–Trinajstić information content (AvgIpc) is 3.18. The van der Waals surface area contributed by atoms with Crippen LogP contribution in [0.2, 0.25) is 0 Å². The molecule has 5 rings (SSSR count). The normalized spacial score (nSPS) is 9.58. The minimum absolute atomic E-state index is 0. The molecule has 0 radical (unpaired) electrons. The van der Waals surface area contributed by atoms with E-state index >= 15 is 0 Å². The molecule has 0 heterocycles. The second kappa shape index (κ2) is 37.4. The second-order valence-electron chi connectivity index (χ2n) is 19.5. The molecule has 0 aromatic heterocycles. The number of rotatable bonds is 0. The van der Waals surface area contributed by atoms with Crippen molar-refractivity contribution in [2.45, 2.75) is 138 Å². The number of benzene rings is 5. The molecular formula is C56H75N5P2Pd3+2. The van der Waals surface area contributed by atoms with Crippen molar-refractivity contribution < 1.29 is 61.3 Å². The van der Waals surface area contributed by atoms with E-state index < -0.39 is 0 Å². The fourth-order valence-electron chi connectivity index (χ4n) is 5.69. The van der Waals surface area contributed by atoms with Crippen LogP contribution in [0.4, 0.5) is 28.4 Å². The molecule has 0 bridgehead atoms. The third-order valence-corrected chi connectivity index (χ3v) is 11.0.